The van der Waals surface area contributed by atoms with E-state index in [4.69, 9.17) is 0 Å². The van der Waals surface area contributed by atoms with Crippen LogP contribution in [0.2, 0.25) is 0 Å². The number of anilines is 1. The third kappa shape index (κ3) is 4.10. The van der Waals surface area contributed by atoms with Crippen LogP contribution in [0.3, 0.4) is 0 Å². The molecule has 0 fully saturated rings. The van der Waals surface area contributed by atoms with Crippen molar-refractivity contribution < 1.29 is 0 Å². The largest absolute Gasteiger partial charge is 0.346 e. The van der Waals surface area contributed by atoms with Gasteiger partial charge in [-0.25, -0.2) is 4.99 Å². The lowest BCUT2D eigenvalue weighted by Gasteiger charge is -2.06. The molecule has 2 aromatic carbocycles. The van der Waals surface area contributed by atoms with Crippen LogP contribution in [0.15, 0.2) is 41.4 Å². The predicted octanol–water partition coefficient (Wildman–Crippen LogP) is 5.11. The van der Waals surface area contributed by atoms with Crippen LogP contribution in [-0.4, -0.2) is 6.34 Å². The minimum absolute atomic E-state index is 0. The van der Waals surface area contributed by atoms with E-state index < -0.39 is 0 Å². The first-order valence-corrected chi connectivity index (χ1v) is 6.50. The van der Waals surface area contributed by atoms with E-state index in [9.17, 15) is 0 Å². The van der Waals surface area contributed by atoms with Crippen molar-refractivity contribution in [2.75, 3.05) is 5.32 Å². The Kier molecular flexibility index (Phi) is 5.78. The molecule has 2 aromatic rings. The second-order valence-corrected chi connectivity index (χ2v) is 5.01. The van der Waals surface area contributed by atoms with Crippen molar-refractivity contribution in [3.63, 3.8) is 0 Å². The van der Waals surface area contributed by atoms with Crippen LogP contribution in [0.25, 0.3) is 0 Å². The summed E-state index contributed by atoms with van der Waals surface area (Å²) in [5.74, 6) is 0. The lowest BCUT2D eigenvalue weighted by Crippen LogP contribution is -1.97. The summed E-state index contributed by atoms with van der Waals surface area (Å²) in [6, 6.07) is 12.6. The average Bonchev–Trinajstić information content (AvgIpc) is 2.34. The highest BCUT2D eigenvalue weighted by Gasteiger charge is 1.97. The van der Waals surface area contributed by atoms with E-state index in [0.29, 0.717) is 0 Å². The second-order valence-electron chi connectivity index (χ2n) is 5.01. The average molecular weight is 289 g/mol. The van der Waals surface area contributed by atoms with E-state index in [2.05, 4.69) is 68.3 Å². The van der Waals surface area contributed by atoms with Gasteiger partial charge in [-0.15, -0.1) is 12.4 Å². The van der Waals surface area contributed by atoms with Crippen molar-refractivity contribution in [3.05, 3.63) is 58.7 Å². The Hall–Kier alpha value is -1.80. The summed E-state index contributed by atoms with van der Waals surface area (Å²) < 4.78 is 0. The van der Waals surface area contributed by atoms with Gasteiger partial charge in [-0.2, -0.15) is 0 Å². The summed E-state index contributed by atoms with van der Waals surface area (Å²) in [5.41, 5.74) is 7.06. The zero-order valence-electron chi connectivity index (χ0n) is 12.4. The summed E-state index contributed by atoms with van der Waals surface area (Å²) in [7, 11) is 0. The van der Waals surface area contributed by atoms with E-state index >= 15 is 0 Å². The number of aliphatic imine (C=N–C) groups is 1. The number of rotatable bonds is 3. The molecular formula is C17H21ClN2. The number of benzene rings is 2. The number of aryl methyl sites for hydroxylation is 4. The van der Waals surface area contributed by atoms with Crippen molar-refractivity contribution in [1.82, 2.24) is 0 Å². The Balaban J connectivity index is 0.00000200. The fourth-order valence-electron chi connectivity index (χ4n) is 2.10. The quantitative estimate of drug-likeness (QED) is 0.616. The first-order chi connectivity index (χ1) is 9.06. The Labute approximate surface area is 127 Å². The Bertz CT molecular complexity index is 618. The van der Waals surface area contributed by atoms with Crippen molar-refractivity contribution in [1.29, 1.82) is 0 Å². The van der Waals surface area contributed by atoms with E-state index in [1.54, 1.807) is 6.34 Å². The fourth-order valence-corrected chi connectivity index (χ4v) is 2.10. The molecule has 0 aliphatic heterocycles. The van der Waals surface area contributed by atoms with Crippen molar-refractivity contribution >= 4 is 30.1 Å². The smallest absolute Gasteiger partial charge is 0.0930 e. The zero-order chi connectivity index (χ0) is 13.8. The van der Waals surface area contributed by atoms with E-state index in [0.717, 1.165) is 11.4 Å². The number of nitrogens with one attached hydrogen (secondary N) is 1. The maximum atomic E-state index is 4.47. The first kappa shape index (κ1) is 16.3. The molecule has 0 amide bonds. The molecule has 2 nitrogen and oxygen atoms in total. The minimum Gasteiger partial charge on any atom is -0.346 e. The van der Waals surface area contributed by atoms with Crippen LogP contribution >= 0.6 is 12.4 Å². The molecule has 0 heterocycles. The van der Waals surface area contributed by atoms with Gasteiger partial charge in [0.25, 0.3) is 0 Å². The highest BCUT2D eigenvalue weighted by atomic mass is 35.5. The van der Waals surface area contributed by atoms with Gasteiger partial charge in [-0.05, 0) is 51.0 Å². The normalized spacial score (nSPS) is 10.4. The number of halogens is 1. The Morgan fingerprint density at radius 3 is 2.05 bits per heavy atom. The Morgan fingerprint density at radius 1 is 0.850 bits per heavy atom. The molecule has 3 heteroatoms. The van der Waals surface area contributed by atoms with Gasteiger partial charge in [0.2, 0.25) is 0 Å². The maximum absolute atomic E-state index is 4.47. The van der Waals surface area contributed by atoms with Crippen molar-refractivity contribution in [3.8, 4) is 0 Å². The van der Waals surface area contributed by atoms with Crippen LogP contribution in [0.5, 0.6) is 0 Å². The molecule has 0 saturated carbocycles. The topological polar surface area (TPSA) is 24.4 Å². The highest BCUT2D eigenvalue weighted by Crippen LogP contribution is 2.19. The standard InChI is InChI=1S/C17H20N2.ClH/c1-12-5-7-16(14(3)9-12)18-11-19-17-8-6-13(2)10-15(17)4;/h5-11H,1-4H3,(H,18,19);1H. The molecule has 0 bridgehead atoms. The molecule has 2 rings (SSSR count). The number of hydrogen-bond acceptors (Lipinski definition) is 1. The molecule has 0 radical (unpaired) electrons. The van der Waals surface area contributed by atoms with Gasteiger partial charge in [0.05, 0.1) is 12.0 Å². The summed E-state index contributed by atoms with van der Waals surface area (Å²) in [6.07, 6.45) is 1.76. The monoisotopic (exact) mass is 288 g/mol. The maximum Gasteiger partial charge on any atom is 0.0930 e. The van der Waals surface area contributed by atoms with Gasteiger partial charge >= 0.3 is 0 Å². The molecule has 20 heavy (non-hydrogen) atoms. The van der Waals surface area contributed by atoms with Gasteiger partial charge in [0.15, 0.2) is 0 Å². The number of hydrogen-bond donors (Lipinski definition) is 1. The van der Waals surface area contributed by atoms with Crippen LogP contribution in [0.1, 0.15) is 22.3 Å². The molecule has 0 spiro atoms. The highest BCUT2D eigenvalue weighted by molar-refractivity contribution is 5.85. The second kappa shape index (κ2) is 7.11. The molecule has 0 saturated heterocycles. The predicted molar refractivity (Wildman–Crippen MR) is 90.9 cm³/mol. The van der Waals surface area contributed by atoms with Crippen molar-refractivity contribution in [2.45, 2.75) is 27.7 Å². The molecule has 1 N–H and O–H groups in total. The van der Waals surface area contributed by atoms with Gasteiger partial charge < -0.3 is 5.32 Å². The summed E-state index contributed by atoms with van der Waals surface area (Å²) in [6.45, 7) is 8.37. The number of nitrogens with zero attached hydrogens (tertiary/aromatic N) is 1. The summed E-state index contributed by atoms with van der Waals surface area (Å²) >= 11 is 0. The molecule has 0 aliphatic rings. The lowest BCUT2D eigenvalue weighted by atomic mass is 10.1. The Morgan fingerprint density at radius 2 is 1.45 bits per heavy atom. The summed E-state index contributed by atoms with van der Waals surface area (Å²) in [4.78, 5) is 4.47. The third-order valence-electron chi connectivity index (χ3n) is 3.16. The van der Waals surface area contributed by atoms with Gasteiger partial charge in [0, 0.05) is 5.69 Å². The van der Waals surface area contributed by atoms with Crippen LogP contribution < -0.4 is 5.32 Å². The van der Waals surface area contributed by atoms with E-state index in [-0.39, 0.29) is 12.4 Å². The molecular weight excluding hydrogens is 268 g/mol. The molecule has 0 atom stereocenters. The SMILES string of the molecule is Cc1ccc(N=CNc2ccc(C)cc2C)c(C)c1.Cl. The minimum atomic E-state index is 0. The zero-order valence-corrected chi connectivity index (χ0v) is 13.2. The van der Waals surface area contributed by atoms with E-state index in [1.807, 2.05) is 6.07 Å². The van der Waals surface area contributed by atoms with Gasteiger partial charge in [-0.1, -0.05) is 35.4 Å². The van der Waals surface area contributed by atoms with Gasteiger partial charge in [0.1, 0.15) is 0 Å². The summed E-state index contributed by atoms with van der Waals surface area (Å²) in [5, 5.41) is 3.24. The lowest BCUT2D eigenvalue weighted by molar-refractivity contribution is 1.34. The molecule has 106 valence electrons. The third-order valence-corrected chi connectivity index (χ3v) is 3.16. The van der Waals surface area contributed by atoms with Crippen molar-refractivity contribution in [2.24, 2.45) is 4.99 Å². The van der Waals surface area contributed by atoms with E-state index in [1.165, 1.54) is 22.3 Å². The molecule has 0 aliphatic carbocycles. The first-order valence-electron chi connectivity index (χ1n) is 6.50. The molecule has 0 aromatic heterocycles. The van der Waals surface area contributed by atoms with Gasteiger partial charge in [-0.3, -0.25) is 0 Å². The van der Waals surface area contributed by atoms with Crippen LogP contribution in [0, 0.1) is 27.7 Å². The van der Waals surface area contributed by atoms with Crippen LogP contribution in [-0.2, 0) is 0 Å². The fraction of sp³-hybridized carbons (Fsp3) is 0.235. The molecule has 0 unspecified atom stereocenters. The van der Waals surface area contributed by atoms with Crippen LogP contribution in [0.4, 0.5) is 11.4 Å².